The van der Waals surface area contributed by atoms with Crippen LogP contribution in [0.2, 0.25) is 0 Å². The monoisotopic (exact) mass is 243 g/mol. The molecule has 0 aliphatic carbocycles. The molecule has 0 saturated carbocycles. The second-order valence-corrected chi connectivity index (χ2v) is 4.22. The molecule has 0 rings (SSSR count). The largest absolute Gasteiger partial charge is 0.466 e. The molecule has 0 heterocycles. The molecular weight excluding hydrogens is 234 g/mol. The van der Waals surface area contributed by atoms with Gasteiger partial charge in [-0.25, -0.2) is 0 Å². The van der Waals surface area contributed by atoms with Gasteiger partial charge in [-0.2, -0.15) is 8.42 Å². The second-order valence-electron chi connectivity index (χ2n) is 2.23. The third kappa shape index (κ3) is 7.81. The molecule has 0 spiro atoms. The Labute approximate surface area is 86.9 Å². The number of hydrogen-bond donors (Lipinski definition) is 0. The summed E-state index contributed by atoms with van der Waals surface area (Å²) in [4.78, 5) is 10.8. The van der Waals surface area contributed by atoms with Crippen LogP contribution in [-0.4, -0.2) is 32.4 Å². The molecule has 0 aliphatic heterocycles. The number of hydrogen-bond acceptors (Lipinski definition) is 6. The Balaban J connectivity index is 4.08. The van der Waals surface area contributed by atoms with E-state index in [0.717, 1.165) is 6.26 Å². The minimum Gasteiger partial charge on any atom is -0.466 e. The molecule has 0 fully saturated rings. The minimum atomic E-state index is -3.69. The molecule has 0 radical (unpaired) electrons. The van der Waals surface area contributed by atoms with Gasteiger partial charge in [0, 0.05) is 0 Å². The summed E-state index contributed by atoms with van der Waals surface area (Å²) >= 11 is 5.38. The van der Waals surface area contributed by atoms with Crippen molar-refractivity contribution in [2.75, 3.05) is 12.9 Å². The molecule has 0 atom stereocenters. The second kappa shape index (κ2) is 5.82. The van der Waals surface area contributed by atoms with Gasteiger partial charge in [0.2, 0.25) is 0 Å². The van der Waals surface area contributed by atoms with Gasteiger partial charge in [-0.15, -0.1) is 0 Å². The van der Waals surface area contributed by atoms with E-state index < -0.39 is 16.1 Å². The van der Waals surface area contributed by atoms with Gasteiger partial charge in [0.15, 0.2) is 5.17 Å². The zero-order chi connectivity index (χ0) is 11.2. The first kappa shape index (κ1) is 13.2. The van der Waals surface area contributed by atoms with Crippen LogP contribution in [0.25, 0.3) is 0 Å². The van der Waals surface area contributed by atoms with Crippen LogP contribution in [-0.2, 0) is 23.9 Å². The lowest BCUT2D eigenvalue weighted by Crippen LogP contribution is -2.08. The van der Waals surface area contributed by atoms with Crippen LogP contribution >= 0.6 is 11.6 Å². The van der Waals surface area contributed by atoms with Crippen molar-refractivity contribution in [2.45, 2.75) is 13.3 Å². The molecule has 0 amide bonds. The van der Waals surface area contributed by atoms with Gasteiger partial charge < -0.3 is 4.74 Å². The molecule has 0 aromatic carbocycles. The SMILES string of the molecule is CCOC(=O)C/C(Cl)=N/OS(C)(=O)=O. The summed E-state index contributed by atoms with van der Waals surface area (Å²) in [6.45, 7) is 1.85. The average Bonchev–Trinajstić information content (AvgIpc) is 2.00. The minimum absolute atomic E-state index is 0.218. The molecular formula is C6H10ClNO5S. The van der Waals surface area contributed by atoms with Crippen molar-refractivity contribution in [3.8, 4) is 0 Å². The number of carbonyl (C=O) groups is 1. The van der Waals surface area contributed by atoms with Crippen LogP contribution in [0.4, 0.5) is 0 Å². The van der Waals surface area contributed by atoms with Crippen LogP contribution in [0.1, 0.15) is 13.3 Å². The number of carbonyl (C=O) groups excluding carboxylic acids is 1. The van der Waals surface area contributed by atoms with Crippen molar-refractivity contribution in [2.24, 2.45) is 5.16 Å². The quantitative estimate of drug-likeness (QED) is 0.398. The Morgan fingerprint density at radius 3 is 2.50 bits per heavy atom. The first-order valence-electron chi connectivity index (χ1n) is 3.61. The Bertz CT molecular complexity index is 323. The number of rotatable bonds is 5. The third-order valence-corrected chi connectivity index (χ3v) is 1.42. The number of nitrogens with zero attached hydrogens (tertiary/aromatic N) is 1. The van der Waals surface area contributed by atoms with E-state index in [1.807, 2.05) is 0 Å². The molecule has 0 saturated heterocycles. The Hall–Kier alpha value is -0.820. The summed E-state index contributed by atoms with van der Waals surface area (Å²) < 4.78 is 29.4. The molecule has 0 N–H and O–H groups in total. The predicted molar refractivity (Wildman–Crippen MR) is 50.5 cm³/mol. The van der Waals surface area contributed by atoms with Crippen molar-refractivity contribution in [1.82, 2.24) is 0 Å². The fourth-order valence-corrected chi connectivity index (χ4v) is 0.881. The third-order valence-electron chi connectivity index (χ3n) is 0.867. The van der Waals surface area contributed by atoms with Gasteiger partial charge in [0.25, 0.3) is 0 Å². The van der Waals surface area contributed by atoms with Gasteiger partial charge >= 0.3 is 16.1 Å². The van der Waals surface area contributed by atoms with Gasteiger partial charge in [-0.3, -0.25) is 9.08 Å². The summed E-state index contributed by atoms with van der Waals surface area (Å²) in [5.41, 5.74) is 0. The van der Waals surface area contributed by atoms with E-state index in [4.69, 9.17) is 11.6 Å². The zero-order valence-electron chi connectivity index (χ0n) is 7.69. The summed E-state index contributed by atoms with van der Waals surface area (Å²) in [5.74, 6) is -0.599. The van der Waals surface area contributed by atoms with E-state index in [1.54, 1.807) is 6.92 Å². The number of oxime groups is 1. The van der Waals surface area contributed by atoms with E-state index in [0.29, 0.717) is 0 Å². The first-order chi connectivity index (χ1) is 6.35. The van der Waals surface area contributed by atoms with Gasteiger partial charge in [-0.1, -0.05) is 16.8 Å². The molecule has 82 valence electrons. The average molecular weight is 244 g/mol. The van der Waals surface area contributed by atoms with E-state index in [-0.39, 0.29) is 18.2 Å². The van der Waals surface area contributed by atoms with Crippen LogP contribution in [0.15, 0.2) is 5.16 Å². The lowest BCUT2D eigenvalue weighted by molar-refractivity contribution is -0.141. The lowest BCUT2D eigenvalue weighted by atomic mass is 10.5. The van der Waals surface area contributed by atoms with E-state index in [1.165, 1.54) is 0 Å². The van der Waals surface area contributed by atoms with Crippen LogP contribution in [0, 0.1) is 0 Å². The van der Waals surface area contributed by atoms with Crippen molar-refractivity contribution >= 4 is 32.9 Å². The Kier molecular flexibility index (Phi) is 5.47. The first-order valence-corrected chi connectivity index (χ1v) is 5.81. The number of esters is 1. The van der Waals surface area contributed by atoms with Crippen molar-refractivity contribution in [1.29, 1.82) is 0 Å². The fourth-order valence-electron chi connectivity index (χ4n) is 0.472. The van der Waals surface area contributed by atoms with Crippen molar-refractivity contribution in [3.63, 3.8) is 0 Å². The molecule has 0 aliphatic rings. The molecule has 6 nitrogen and oxygen atoms in total. The van der Waals surface area contributed by atoms with Gasteiger partial charge in [0.1, 0.15) is 6.42 Å². The maximum Gasteiger partial charge on any atom is 0.325 e. The summed E-state index contributed by atoms with van der Waals surface area (Å²) in [6, 6.07) is 0. The highest BCUT2D eigenvalue weighted by Crippen LogP contribution is 1.99. The van der Waals surface area contributed by atoms with Crippen molar-refractivity contribution < 1.29 is 22.2 Å². The molecule has 0 bridgehead atoms. The van der Waals surface area contributed by atoms with Crippen LogP contribution in [0.5, 0.6) is 0 Å². The Morgan fingerprint density at radius 2 is 2.07 bits per heavy atom. The topological polar surface area (TPSA) is 82.0 Å². The standard InChI is InChI=1S/C6H10ClNO5S/c1-3-12-6(9)4-5(7)8-13-14(2,10)11/h3-4H2,1-2H3/b8-5-. The van der Waals surface area contributed by atoms with E-state index in [2.05, 4.69) is 14.2 Å². The van der Waals surface area contributed by atoms with Gasteiger partial charge in [-0.05, 0) is 6.92 Å². The number of ether oxygens (including phenoxy) is 1. The summed E-state index contributed by atoms with van der Waals surface area (Å²) in [7, 11) is -3.69. The predicted octanol–water partition coefficient (Wildman–Crippen LogP) is 0.468. The Morgan fingerprint density at radius 1 is 1.50 bits per heavy atom. The lowest BCUT2D eigenvalue weighted by Gasteiger charge is -1.99. The molecule has 0 unspecified atom stereocenters. The van der Waals surface area contributed by atoms with Crippen LogP contribution in [0.3, 0.4) is 0 Å². The highest BCUT2D eigenvalue weighted by molar-refractivity contribution is 7.85. The molecule has 0 aromatic heterocycles. The normalized spacial score (nSPS) is 12.4. The van der Waals surface area contributed by atoms with Gasteiger partial charge in [0.05, 0.1) is 12.9 Å². The molecule has 8 heteroatoms. The fraction of sp³-hybridized carbons (Fsp3) is 0.667. The zero-order valence-corrected chi connectivity index (χ0v) is 9.26. The van der Waals surface area contributed by atoms with Crippen molar-refractivity contribution in [3.05, 3.63) is 0 Å². The maximum atomic E-state index is 10.8. The molecule has 0 aromatic rings. The maximum absolute atomic E-state index is 10.8. The summed E-state index contributed by atoms with van der Waals surface area (Å²) in [6.07, 6.45) is 0.496. The smallest absolute Gasteiger partial charge is 0.325 e. The molecule has 14 heavy (non-hydrogen) atoms. The van der Waals surface area contributed by atoms with E-state index >= 15 is 0 Å². The highest BCUT2D eigenvalue weighted by Gasteiger charge is 2.08. The van der Waals surface area contributed by atoms with E-state index in [9.17, 15) is 13.2 Å². The highest BCUT2D eigenvalue weighted by atomic mass is 35.5. The summed E-state index contributed by atoms with van der Waals surface area (Å²) in [5, 5.41) is 2.73. The number of halogens is 1. The van der Waals surface area contributed by atoms with Crippen LogP contribution < -0.4 is 0 Å².